The van der Waals surface area contributed by atoms with E-state index < -0.39 is 16.1 Å². The van der Waals surface area contributed by atoms with Crippen molar-refractivity contribution in [2.45, 2.75) is 58.6 Å². The quantitative estimate of drug-likeness (QED) is 0.540. The number of anilines is 1. The lowest BCUT2D eigenvalue weighted by atomic mass is 9.96. The summed E-state index contributed by atoms with van der Waals surface area (Å²) in [5.74, 6) is 0.0122. The number of ether oxygens (including phenoxy) is 1. The molecule has 184 valence electrons. The summed E-state index contributed by atoms with van der Waals surface area (Å²) in [5, 5.41) is 3.03. The fraction of sp³-hybridized carbons (Fsp3) is 0.321. The van der Waals surface area contributed by atoms with Crippen molar-refractivity contribution in [1.82, 2.24) is 5.32 Å². The van der Waals surface area contributed by atoms with Crippen molar-refractivity contribution in [2.24, 2.45) is 0 Å². The minimum atomic E-state index is -3.90. The molecule has 4 rings (SSSR count). The predicted octanol–water partition coefficient (Wildman–Crippen LogP) is 5.06. The van der Waals surface area contributed by atoms with E-state index in [1.165, 1.54) is 9.87 Å². The van der Waals surface area contributed by atoms with Crippen molar-refractivity contribution in [3.05, 3.63) is 88.0 Å². The molecular weight excluding hydrogens is 460 g/mol. The van der Waals surface area contributed by atoms with E-state index in [0.29, 0.717) is 11.4 Å². The molecule has 0 fully saturated rings. The van der Waals surface area contributed by atoms with Crippen LogP contribution in [0.5, 0.6) is 5.75 Å². The summed E-state index contributed by atoms with van der Waals surface area (Å²) in [6.45, 7) is 11.7. The number of sulfonamides is 1. The molecule has 1 heterocycles. The van der Waals surface area contributed by atoms with Gasteiger partial charge in [0.15, 0.2) is 6.10 Å². The number of nitrogens with one attached hydrogen (secondary N) is 1. The molecule has 0 saturated heterocycles. The third-order valence-electron chi connectivity index (χ3n) is 6.59. The van der Waals surface area contributed by atoms with Gasteiger partial charge in [0.25, 0.3) is 15.9 Å². The maximum Gasteiger partial charge on any atom is 0.264 e. The van der Waals surface area contributed by atoms with Gasteiger partial charge in [-0.1, -0.05) is 35.9 Å². The zero-order valence-electron chi connectivity index (χ0n) is 21.0. The van der Waals surface area contributed by atoms with Gasteiger partial charge in [-0.05, 0) is 93.6 Å². The van der Waals surface area contributed by atoms with Crippen LogP contribution in [0.2, 0.25) is 0 Å². The van der Waals surface area contributed by atoms with Gasteiger partial charge in [-0.25, -0.2) is 8.42 Å². The number of rotatable bonds is 5. The molecule has 2 atom stereocenters. The Kier molecular flexibility index (Phi) is 6.64. The van der Waals surface area contributed by atoms with Gasteiger partial charge in [0.05, 0.1) is 23.2 Å². The fourth-order valence-corrected chi connectivity index (χ4v) is 5.86. The number of fused-ring (bicyclic) bond motifs is 1. The number of nitrogens with zero attached hydrogens (tertiary/aromatic N) is 1. The molecular formula is C28H32N2O4S. The highest BCUT2D eigenvalue weighted by Gasteiger charge is 2.38. The second-order valence-corrected chi connectivity index (χ2v) is 11.3. The Bertz CT molecular complexity index is 1380. The highest BCUT2D eigenvalue weighted by atomic mass is 32.2. The van der Waals surface area contributed by atoms with E-state index in [0.717, 1.165) is 27.8 Å². The van der Waals surface area contributed by atoms with Crippen LogP contribution in [0.25, 0.3) is 0 Å². The second-order valence-electron chi connectivity index (χ2n) is 9.45. The Morgan fingerprint density at radius 3 is 2.23 bits per heavy atom. The highest BCUT2D eigenvalue weighted by Crippen LogP contribution is 2.38. The Labute approximate surface area is 208 Å². The SMILES string of the molecule is Cc1ccc(S(=O)(=O)N2CC(C(=O)NC(C)c3cc(C)c(C)cc3C)Oc3ccc(C)cc32)cc1. The third kappa shape index (κ3) is 4.91. The summed E-state index contributed by atoms with van der Waals surface area (Å²) < 4.78 is 34.6. The van der Waals surface area contributed by atoms with Gasteiger partial charge in [0.1, 0.15) is 5.75 Å². The molecule has 1 N–H and O–H groups in total. The molecule has 0 radical (unpaired) electrons. The van der Waals surface area contributed by atoms with E-state index in [1.807, 2.05) is 40.7 Å². The summed E-state index contributed by atoms with van der Waals surface area (Å²) >= 11 is 0. The number of aryl methyl sites for hydroxylation is 5. The summed E-state index contributed by atoms with van der Waals surface area (Å²) in [4.78, 5) is 13.5. The van der Waals surface area contributed by atoms with Gasteiger partial charge in [-0.3, -0.25) is 9.10 Å². The number of carbonyl (C=O) groups is 1. The molecule has 0 saturated carbocycles. The van der Waals surface area contributed by atoms with Gasteiger partial charge >= 0.3 is 0 Å². The summed E-state index contributed by atoms with van der Waals surface area (Å²) in [5.41, 5.74) is 6.78. The Balaban J connectivity index is 1.65. The molecule has 35 heavy (non-hydrogen) atoms. The minimum absolute atomic E-state index is 0.114. The lowest BCUT2D eigenvalue weighted by Gasteiger charge is -2.35. The Morgan fingerprint density at radius 2 is 1.54 bits per heavy atom. The minimum Gasteiger partial charge on any atom is -0.476 e. The first-order chi connectivity index (χ1) is 16.5. The van der Waals surface area contributed by atoms with Crippen LogP contribution in [0.15, 0.2) is 59.5 Å². The molecule has 3 aromatic carbocycles. The Hall–Kier alpha value is -3.32. The summed E-state index contributed by atoms with van der Waals surface area (Å²) in [6, 6.07) is 16.0. The normalized spacial score (nSPS) is 16.3. The smallest absolute Gasteiger partial charge is 0.264 e. The first-order valence-corrected chi connectivity index (χ1v) is 13.2. The molecule has 1 aliphatic heterocycles. The molecule has 1 amide bonds. The van der Waals surface area contributed by atoms with E-state index in [-0.39, 0.29) is 23.4 Å². The van der Waals surface area contributed by atoms with Crippen molar-refractivity contribution in [1.29, 1.82) is 0 Å². The van der Waals surface area contributed by atoms with Gasteiger partial charge in [0.2, 0.25) is 0 Å². The molecule has 2 unspecified atom stereocenters. The summed E-state index contributed by atoms with van der Waals surface area (Å²) in [7, 11) is -3.90. The van der Waals surface area contributed by atoms with Crippen LogP contribution < -0.4 is 14.4 Å². The van der Waals surface area contributed by atoms with Gasteiger partial charge < -0.3 is 10.1 Å². The van der Waals surface area contributed by atoms with E-state index in [2.05, 4.69) is 24.4 Å². The van der Waals surface area contributed by atoms with Gasteiger partial charge in [-0.15, -0.1) is 0 Å². The van der Waals surface area contributed by atoms with Crippen molar-refractivity contribution in [3.8, 4) is 5.75 Å². The van der Waals surface area contributed by atoms with Crippen LogP contribution in [0.1, 0.15) is 46.3 Å². The molecule has 7 heteroatoms. The average molecular weight is 493 g/mol. The first kappa shape index (κ1) is 24.8. The lowest BCUT2D eigenvalue weighted by Crippen LogP contribution is -2.51. The van der Waals surface area contributed by atoms with Gasteiger partial charge in [0, 0.05) is 0 Å². The first-order valence-electron chi connectivity index (χ1n) is 11.7. The topological polar surface area (TPSA) is 75.7 Å². The predicted molar refractivity (Wildman–Crippen MR) is 139 cm³/mol. The number of hydrogen-bond donors (Lipinski definition) is 1. The Morgan fingerprint density at radius 1 is 0.914 bits per heavy atom. The average Bonchev–Trinajstić information content (AvgIpc) is 2.80. The van der Waals surface area contributed by atoms with E-state index in [9.17, 15) is 13.2 Å². The van der Waals surface area contributed by atoms with Crippen LogP contribution >= 0.6 is 0 Å². The molecule has 0 aromatic heterocycles. The summed E-state index contributed by atoms with van der Waals surface area (Å²) in [6.07, 6.45) is -0.986. The molecule has 3 aromatic rings. The highest BCUT2D eigenvalue weighted by molar-refractivity contribution is 7.92. The zero-order chi connectivity index (χ0) is 25.5. The van der Waals surface area contributed by atoms with Crippen LogP contribution in [-0.4, -0.2) is 27.0 Å². The van der Waals surface area contributed by atoms with E-state index in [1.54, 1.807) is 36.4 Å². The molecule has 0 bridgehead atoms. The number of amides is 1. The standard InChI is InChI=1S/C28H32N2O4S/c1-17-7-10-23(11-8-17)35(32,33)30-16-27(34-26-12-9-18(2)13-25(26)30)28(31)29-22(6)24-15-20(4)19(3)14-21(24)5/h7-15,22,27H,16H2,1-6H3,(H,29,31). The monoisotopic (exact) mass is 492 g/mol. The van der Waals surface area contributed by atoms with Crippen LogP contribution in [0.4, 0.5) is 5.69 Å². The van der Waals surface area contributed by atoms with Crippen molar-refractivity contribution in [2.75, 3.05) is 10.8 Å². The van der Waals surface area contributed by atoms with Crippen molar-refractivity contribution in [3.63, 3.8) is 0 Å². The fourth-order valence-electron chi connectivity index (χ4n) is 4.40. The number of benzene rings is 3. The molecule has 0 spiro atoms. The lowest BCUT2D eigenvalue weighted by molar-refractivity contribution is -0.128. The zero-order valence-corrected chi connectivity index (χ0v) is 21.9. The third-order valence-corrected chi connectivity index (χ3v) is 8.39. The molecule has 1 aliphatic rings. The van der Waals surface area contributed by atoms with Crippen LogP contribution in [0.3, 0.4) is 0 Å². The number of hydrogen-bond acceptors (Lipinski definition) is 4. The molecule has 6 nitrogen and oxygen atoms in total. The van der Waals surface area contributed by atoms with Crippen molar-refractivity contribution < 1.29 is 17.9 Å². The maximum atomic E-state index is 13.6. The van der Waals surface area contributed by atoms with Crippen LogP contribution in [-0.2, 0) is 14.8 Å². The number of carbonyl (C=O) groups excluding carboxylic acids is 1. The molecule has 0 aliphatic carbocycles. The van der Waals surface area contributed by atoms with E-state index in [4.69, 9.17) is 4.74 Å². The van der Waals surface area contributed by atoms with Crippen LogP contribution in [0, 0.1) is 34.6 Å². The van der Waals surface area contributed by atoms with E-state index >= 15 is 0 Å². The van der Waals surface area contributed by atoms with Gasteiger partial charge in [-0.2, -0.15) is 0 Å². The second kappa shape index (κ2) is 9.38. The maximum absolute atomic E-state index is 13.6. The van der Waals surface area contributed by atoms with Crippen molar-refractivity contribution >= 4 is 21.6 Å². The largest absolute Gasteiger partial charge is 0.476 e.